The Morgan fingerprint density at radius 2 is 2.35 bits per heavy atom. The van der Waals surface area contributed by atoms with Crippen molar-refractivity contribution in [2.75, 3.05) is 6.61 Å². The van der Waals surface area contributed by atoms with E-state index in [1.807, 2.05) is 0 Å². The minimum atomic E-state index is -1.09. The summed E-state index contributed by atoms with van der Waals surface area (Å²) in [6, 6.07) is 2.36. The van der Waals surface area contributed by atoms with Crippen LogP contribution >= 0.6 is 0 Å². The van der Waals surface area contributed by atoms with Crippen molar-refractivity contribution < 1.29 is 19.0 Å². The fourth-order valence-corrected chi connectivity index (χ4v) is 1.86. The molecule has 2 heterocycles. The summed E-state index contributed by atoms with van der Waals surface area (Å²) in [5, 5.41) is 13.3. The maximum absolute atomic E-state index is 13.5. The first-order valence-electron chi connectivity index (χ1n) is 5.19. The lowest BCUT2D eigenvalue weighted by Gasteiger charge is -2.26. The van der Waals surface area contributed by atoms with Gasteiger partial charge in [0.2, 0.25) is 0 Å². The molecule has 1 aromatic heterocycles. The largest absolute Gasteiger partial charge is 0.478 e. The van der Waals surface area contributed by atoms with Crippen LogP contribution in [0.2, 0.25) is 0 Å². The van der Waals surface area contributed by atoms with E-state index in [4.69, 9.17) is 9.84 Å². The van der Waals surface area contributed by atoms with Gasteiger partial charge in [-0.2, -0.15) is 5.10 Å². The van der Waals surface area contributed by atoms with Gasteiger partial charge < -0.3 is 9.84 Å². The molecule has 0 aliphatic carbocycles. The van der Waals surface area contributed by atoms with E-state index in [1.165, 1.54) is 16.9 Å². The van der Waals surface area contributed by atoms with Crippen LogP contribution < -0.4 is 0 Å². The molecule has 1 saturated heterocycles. The molecule has 0 amide bonds. The summed E-state index contributed by atoms with van der Waals surface area (Å²) in [7, 11) is 0. The van der Waals surface area contributed by atoms with E-state index in [9.17, 15) is 9.18 Å². The lowest BCUT2D eigenvalue weighted by atomic mass is 10.1. The first-order chi connectivity index (χ1) is 8.16. The lowest BCUT2D eigenvalue weighted by molar-refractivity contribution is -0.106. The molecule has 1 atom stereocenters. The summed E-state index contributed by atoms with van der Waals surface area (Å²) >= 11 is 0. The van der Waals surface area contributed by atoms with Crippen molar-refractivity contribution in [1.82, 2.24) is 9.78 Å². The van der Waals surface area contributed by atoms with Gasteiger partial charge in [-0.1, -0.05) is 0 Å². The first-order valence-corrected chi connectivity index (χ1v) is 5.19. The van der Waals surface area contributed by atoms with Gasteiger partial charge >= 0.3 is 5.97 Å². The van der Waals surface area contributed by atoms with E-state index in [-0.39, 0.29) is 17.3 Å². The zero-order valence-electron chi connectivity index (χ0n) is 8.76. The van der Waals surface area contributed by atoms with Gasteiger partial charge in [0.25, 0.3) is 0 Å². The molecule has 5 nitrogen and oxygen atoms in total. The molecule has 0 spiro atoms. The molecule has 0 radical (unpaired) electrons. The predicted molar refractivity (Wildman–Crippen MR) is 56.3 cm³/mol. The molecule has 88 valence electrons. The lowest BCUT2D eigenvalue weighted by Crippen LogP contribution is -2.24. The highest BCUT2D eigenvalue weighted by molar-refractivity contribution is 6.02. The van der Waals surface area contributed by atoms with Gasteiger partial charge in [0.15, 0.2) is 12.0 Å². The van der Waals surface area contributed by atoms with Crippen LogP contribution in [-0.4, -0.2) is 27.5 Å². The molecule has 1 aromatic carbocycles. The van der Waals surface area contributed by atoms with E-state index in [0.29, 0.717) is 12.0 Å². The topological polar surface area (TPSA) is 64.3 Å². The molecule has 0 saturated carbocycles. The number of aromatic carboxylic acids is 1. The molecule has 1 N–H and O–H groups in total. The Bertz CT molecular complexity index is 604. The summed E-state index contributed by atoms with van der Waals surface area (Å²) in [6.07, 6.45) is 2.12. The number of halogens is 1. The van der Waals surface area contributed by atoms with Crippen LogP contribution in [0.5, 0.6) is 0 Å². The molecular formula is C11H9FN2O3. The number of hydrogen-bond acceptors (Lipinski definition) is 3. The normalized spacial score (nSPS) is 19.2. The number of carboxylic acids is 1. The van der Waals surface area contributed by atoms with Gasteiger partial charge in [0.1, 0.15) is 5.52 Å². The van der Waals surface area contributed by atoms with Gasteiger partial charge in [-0.15, -0.1) is 0 Å². The quantitative estimate of drug-likeness (QED) is 0.863. The Balaban J connectivity index is 2.21. The highest BCUT2D eigenvalue weighted by Gasteiger charge is 2.23. The Hall–Kier alpha value is -1.95. The van der Waals surface area contributed by atoms with E-state index < -0.39 is 11.8 Å². The van der Waals surface area contributed by atoms with Crippen LogP contribution in [-0.2, 0) is 4.74 Å². The second-order valence-corrected chi connectivity index (χ2v) is 3.89. The number of nitrogens with zero attached hydrogens (tertiary/aromatic N) is 2. The third-order valence-corrected chi connectivity index (χ3v) is 2.85. The highest BCUT2D eigenvalue weighted by atomic mass is 19.1. The summed E-state index contributed by atoms with van der Waals surface area (Å²) < 4.78 is 20.2. The fraction of sp³-hybridized carbons (Fsp3) is 0.273. The van der Waals surface area contributed by atoms with Gasteiger partial charge in [-0.25, -0.2) is 13.9 Å². The SMILES string of the molecule is O=C(O)c1ccc(F)c2nn(C3CCO3)cc12. The molecule has 1 aliphatic rings. The number of carbonyl (C=O) groups is 1. The van der Waals surface area contributed by atoms with Crippen LogP contribution in [0.25, 0.3) is 10.9 Å². The number of fused-ring (bicyclic) bond motifs is 1. The van der Waals surface area contributed by atoms with Crippen LogP contribution in [0.4, 0.5) is 4.39 Å². The molecule has 2 aromatic rings. The van der Waals surface area contributed by atoms with E-state index in [0.717, 1.165) is 12.5 Å². The van der Waals surface area contributed by atoms with Crippen molar-refractivity contribution in [2.24, 2.45) is 0 Å². The minimum absolute atomic E-state index is 0.0481. The Labute approximate surface area is 95.4 Å². The van der Waals surface area contributed by atoms with Crippen molar-refractivity contribution in [3.05, 3.63) is 29.7 Å². The number of hydrogen-bond donors (Lipinski definition) is 1. The zero-order valence-corrected chi connectivity index (χ0v) is 8.76. The van der Waals surface area contributed by atoms with Gasteiger partial charge in [0.05, 0.1) is 12.2 Å². The van der Waals surface area contributed by atoms with Crippen molar-refractivity contribution in [3.8, 4) is 0 Å². The van der Waals surface area contributed by atoms with Gasteiger partial charge in [0, 0.05) is 18.0 Å². The number of benzene rings is 1. The maximum atomic E-state index is 13.5. The standard InChI is InChI=1S/C11H9FN2O3/c12-8-2-1-6(11(15)16)7-5-14(13-10(7)8)9-3-4-17-9/h1-2,5,9H,3-4H2,(H,15,16). The maximum Gasteiger partial charge on any atom is 0.336 e. The Kier molecular flexibility index (Phi) is 2.12. The summed E-state index contributed by atoms with van der Waals surface area (Å²) in [4.78, 5) is 11.0. The third kappa shape index (κ3) is 1.49. The average molecular weight is 236 g/mol. The van der Waals surface area contributed by atoms with Crippen molar-refractivity contribution in [2.45, 2.75) is 12.6 Å². The number of carboxylic acid groups (broad SMARTS) is 1. The molecular weight excluding hydrogens is 227 g/mol. The molecule has 1 aliphatic heterocycles. The zero-order chi connectivity index (χ0) is 12.0. The van der Waals surface area contributed by atoms with E-state index >= 15 is 0 Å². The average Bonchev–Trinajstić information content (AvgIpc) is 2.59. The summed E-state index contributed by atoms with van der Waals surface area (Å²) in [6.45, 7) is 0.648. The van der Waals surface area contributed by atoms with Crippen molar-refractivity contribution in [3.63, 3.8) is 0 Å². The van der Waals surface area contributed by atoms with Gasteiger partial charge in [-0.3, -0.25) is 0 Å². The van der Waals surface area contributed by atoms with Crippen molar-refractivity contribution >= 4 is 16.9 Å². The Morgan fingerprint density at radius 3 is 2.94 bits per heavy atom. The molecule has 0 bridgehead atoms. The van der Waals surface area contributed by atoms with Crippen LogP contribution in [0, 0.1) is 5.82 Å². The van der Waals surface area contributed by atoms with Crippen LogP contribution in [0.15, 0.2) is 18.3 Å². The second kappa shape index (κ2) is 3.53. The van der Waals surface area contributed by atoms with Gasteiger partial charge in [-0.05, 0) is 12.1 Å². The summed E-state index contributed by atoms with van der Waals surface area (Å²) in [5.41, 5.74) is 0.118. The molecule has 3 rings (SSSR count). The Morgan fingerprint density at radius 1 is 1.59 bits per heavy atom. The predicted octanol–water partition coefficient (Wildman–Crippen LogP) is 1.79. The molecule has 17 heavy (non-hydrogen) atoms. The number of rotatable bonds is 2. The first kappa shape index (κ1) is 10.2. The van der Waals surface area contributed by atoms with Crippen molar-refractivity contribution in [1.29, 1.82) is 0 Å². The smallest absolute Gasteiger partial charge is 0.336 e. The van der Waals surface area contributed by atoms with Crippen LogP contribution in [0.1, 0.15) is 23.0 Å². The number of aromatic nitrogens is 2. The third-order valence-electron chi connectivity index (χ3n) is 2.85. The summed E-state index contributed by atoms with van der Waals surface area (Å²) in [5.74, 6) is -1.62. The fourth-order valence-electron chi connectivity index (χ4n) is 1.86. The monoisotopic (exact) mass is 236 g/mol. The highest BCUT2D eigenvalue weighted by Crippen LogP contribution is 2.27. The number of ether oxygens (including phenoxy) is 1. The minimum Gasteiger partial charge on any atom is -0.478 e. The molecule has 1 fully saturated rings. The van der Waals surface area contributed by atoms with E-state index in [1.54, 1.807) is 0 Å². The second-order valence-electron chi connectivity index (χ2n) is 3.89. The van der Waals surface area contributed by atoms with Crippen LogP contribution in [0.3, 0.4) is 0 Å². The molecule has 6 heteroatoms. The van der Waals surface area contributed by atoms with E-state index in [2.05, 4.69) is 5.10 Å². The molecule has 1 unspecified atom stereocenters.